The average Bonchev–Trinajstić information content (AvgIpc) is 2.01. The van der Waals surface area contributed by atoms with Crippen LogP contribution in [0.25, 0.3) is 0 Å². The van der Waals surface area contributed by atoms with Crippen LogP contribution in [-0.4, -0.2) is 16.3 Å². The monoisotopic (exact) mass is 166 g/mol. The highest BCUT2D eigenvalue weighted by atomic mass is 16.3. The number of aryl methyl sites for hydroxylation is 1. The first-order valence-electron chi connectivity index (χ1n) is 4.14. The van der Waals surface area contributed by atoms with Gasteiger partial charge in [0.2, 0.25) is 0 Å². The molecule has 2 N–H and O–H groups in total. The first kappa shape index (κ1) is 9.07. The molecular formula is C10H14O2. The van der Waals surface area contributed by atoms with Gasteiger partial charge in [0.15, 0.2) is 0 Å². The van der Waals surface area contributed by atoms with Crippen LogP contribution >= 0.6 is 0 Å². The zero-order valence-corrected chi connectivity index (χ0v) is 7.20. The van der Waals surface area contributed by atoms with Gasteiger partial charge >= 0.3 is 0 Å². The molecule has 66 valence electrons. The summed E-state index contributed by atoms with van der Waals surface area (Å²) < 4.78 is 0. The Morgan fingerprint density at radius 2 is 2.17 bits per heavy atom. The van der Waals surface area contributed by atoms with Crippen molar-refractivity contribution in [3.05, 3.63) is 29.8 Å². The third kappa shape index (κ3) is 2.93. The van der Waals surface area contributed by atoms with Crippen LogP contribution in [0.5, 0.6) is 5.75 Å². The largest absolute Gasteiger partial charge is 0.508 e. The van der Waals surface area contributed by atoms with E-state index in [2.05, 4.69) is 0 Å². The van der Waals surface area contributed by atoms with Crippen molar-refractivity contribution in [2.24, 2.45) is 0 Å². The molecule has 0 saturated carbocycles. The molecule has 0 bridgehead atoms. The second kappa shape index (κ2) is 4.12. The van der Waals surface area contributed by atoms with E-state index in [1.54, 1.807) is 19.1 Å². The van der Waals surface area contributed by atoms with Gasteiger partial charge in [-0.25, -0.2) is 0 Å². The van der Waals surface area contributed by atoms with Crippen molar-refractivity contribution in [2.75, 3.05) is 0 Å². The molecular weight excluding hydrogens is 152 g/mol. The lowest BCUT2D eigenvalue weighted by atomic mass is 10.1. The predicted octanol–water partition coefficient (Wildman–Crippen LogP) is 1.71. The molecule has 2 heteroatoms. The van der Waals surface area contributed by atoms with Crippen LogP contribution in [0.1, 0.15) is 18.9 Å². The smallest absolute Gasteiger partial charge is 0.115 e. The fraction of sp³-hybridized carbons (Fsp3) is 0.400. The van der Waals surface area contributed by atoms with Crippen molar-refractivity contribution < 1.29 is 10.2 Å². The molecule has 0 radical (unpaired) electrons. The first-order valence-corrected chi connectivity index (χ1v) is 4.14. The number of phenolic OH excluding ortho intramolecular Hbond substituents is 1. The molecule has 0 saturated heterocycles. The molecule has 2 nitrogen and oxygen atoms in total. The van der Waals surface area contributed by atoms with Crippen molar-refractivity contribution in [1.82, 2.24) is 0 Å². The van der Waals surface area contributed by atoms with Crippen LogP contribution in [0.2, 0.25) is 0 Å². The summed E-state index contributed by atoms with van der Waals surface area (Å²) in [6, 6.07) is 7.13. The van der Waals surface area contributed by atoms with E-state index in [0.717, 1.165) is 18.4 Å². The number of benzene rings is 1. The van der Waals surface area contributed by atoms with Crippen molar-refractivity contribution >= 4 is 0 Å². The molecule has 1 rings (SSSR count). The van der Waals surface area contributed by atoms with Crippen molar-refractivity contribution in [3.8, 4) is 5.75 Å². The van der Waals surface area contributed by atoms with E-state index in [1.807, 2.05) is 12.1 Å². The van der Waals surface area contributed by atoms with E-state index in [0.29, 0.717) is 0 Å². The number of rotatable bonds is 3. The Labute approximate surface area is 72.5 Å². The molecule has 0 fully saturated rings. The number of hydrogen-bond donors (Lipinski definition) is 2. The Hall–Kier alpha value is -1.02. The standard InChI is InChI=1S/C10H14O2/c1-8(11)5-6-9-3-2-4-10(12)7-9/h2-4,7-8,11-12H,5-6H2,1H3. The highest BCUT2D eigenvalue weighted by Crippen LogP contribution is 2.12. The summed E-state index contributed by atoms with van der Waals surface area (Å²) in [5.74, 6) is 0.290. The highest BCUT2D eigenvalue weighted by molar-refractivity contribution is 5.27. The molecule has 12 heavy (non-hydrogen) atoms. The zero-order chi connectivity index (χ0) is 8.97. The summed E-state index contributed by atoms with van der Waals surface area (Å²) in [4.78, 5) is 0. The Morgan fingerprint density at radius 1 is 1.42 bits per heavy atom. The van der Waals surface area contributed by atoms with E-state index in [4.69, 9.17) is 10.2 Å². The molecule has 0 aromatic heterocycles. The Balaban J connectivity index is 2.52. The van der Waals surface area contributed by atoms with Gasteiger partial charge in [-0.15, -0.1) is 0 Å². The average molecular weight is 166 g/mol. The third-order valence-electron chi connectivity index (χ3n) is 1.76. The van der Waals surface area contributed by atoms with Gasteiger partial charge in [-0.1, -0.05) is 12.1 Å². The summed E-state index contributed by atoms with van der Waals surface area (Å²) in [6.07, 6.45) is 1.28. The second-order valence-electron chi connectivity index (χ2n) is 3.06. The maximum atomic E-state index is 9.12. The van der Waals surface area contributed by atoms with Gasteiger partial charge in [-0.3, -0.25) is 0 Å². The Bertz CT molecular complexity index is 243. The molecule has 1 unspecified atom stereocenters. The van der Waals surface area contributed by atoms with Crippen LogP contribution in [0.15, 0.2) is 24.3 Å². The van der Waals surface area contributed by atoms with Crippen LogP contribution in [-0.2, 0) is 6.42 Å². The van der Waals surface area contributed by atoms with Gasteiger partial charge in [0.25, 0.3) is 0 Å². The fourth-order valence-electron chi connectivity index (χ4n) is 1.09. The van der Waals surface area contributed by atoms with Crippen molar-refractivity contribution in [2.45, 2.75) is 25.9 Å². The van der Waals surface area contributed by atoms with Crippen LogP contribution in [0.4, 0.5) is 0 Å². The quantitative estimate of drug-likeness (QED) is 0.717. The van der Waals surface area contributed by atoms with Gasteiger partial charge in [0, 0.05) is 0 Å². The minimum Gasteiger partial charge on any atom is -0.508 e. The van der Waals surface area contributed by atoms with Gasteiger partial charge in [-0.05, 0) is 37.5 Å². The Kier molecular flexibility index (Phi) is 3.11. The van der Waals surface area contributed by atoms with Crippen LogP contribution < -0.4 is 0 Å². The summed E-state index contributed by atoms with van der Waals surface area (Å²) in [5, 5.41) is 18.1. The lowest BCUT2D eigenvalue weighted by molar-refractivity contribution is 0.185. The maximum absolute atomic E-state index is 9.12. The molecule has 0 aliphatic carbocycles. The summed E-state index contributed by atoms with van der Waals surface area (Å²) in [5.41, 5.74) is 1.07. The number of hydrogen-bond acceptors (Lipinski definition) is 2. The fourth-order valence-corrected chi connectivity index (χ4v) is 1.09. The lowest BCUT2D eigenvalue weighted by Crippen LogP contribution is -2.00. The minimum atomic E-state index is -0.271. The van der Waals surface area contributed by atoms with E-state index in [9.17, 15) is 0 Å². The number of aliphatic hydroxyl groups excluding tert-OH is 1. The van der Waals surface area contributed by atoms with E-state index in [-0.39, 0.29) is 11.9 Å². The second-order valence-corrected chi connectivity index (χ2v) is 3.06. The van der Waals surface area contributed by atoms with Gasteiger partial charge in [0.05, 0.1) is 6.10 Å². The van der Waals surface area contributed by atoms with Gasteiger partial charge in [-0.2, -0.15) is 0 Å². The molecule has 0 heterocycles. The third-order valence-corrected chi connectivity index (χ3v) is 1.76. The zero-order valence-electron chi connectivity index (χ0n) is 7.20. The molecule has 0 aliphatic rings. The molecule has 0 amide bonds. The van der Waals surface area contributed by atoms with Crippen molar-refractivity contribution in [3.63, 3.8) is 0 Å². The van der Waals surface area contributed by atoms with E-state index >= 15 is 0 Å². The molecule has 1 aromatic carbocycles. The van der Waals surface area contributed by atoms with E-state index < -0.39 is 0 Å². The summed E-state index contributed by atoms with van der Waals surface area (Å²) >= 11 is 0. The maximum Gasteiger partial charge on any atom is 0.115 e. The number of aromatic hydroxyl groups is 1. The lowest BCUT2D eigenvalue weighted by Gasteiger charge is -2.03. The summed E-state index contributed by atoms with van der Waals surface area (Å²) in [6.45, 7) is 1.77. The first-order chi connectivity index (χ1) is 5.68. The summed E-state index contributed by atoms with van der Waals surface area (Å²) in [7, 11) is 0. The molecule has 0 aliphatic heterocycles. The van der Waals surface area contributed by atoms with Crippen LogP contribution in [0, 0.1) is 0 Å². The normalized spacial score (nSPS) is 12.8. The van der Waals surface area contributed by atoms with Crippen molar-refractivity contribution in [1.29, 1.82) is 0 Å². The Morgan fingerprint density at radius 3 is 2.75 bits per heavy atom. The number of phenols is 1. The molecule has 1 aromatic rings. The van der Waals surface area contributed by atoms with Crippen LogP contribution in [0.3, 0.4) is 0 Å². The van der Waals surface area contributed by atoms with Gasteiger partial charge < -0.3 is 10.2 Å². The predicted molar refractivity (Wildman–Crippen MR) is 48.1 cm³/mol. The van der Waals surface area contributed by atoms with Gasteiger partial charge in [0.1, 0.15) is 5.75 Å². The molecule has 1 atom stereocenters. The molecule has 0 spiro atoms. The highest BCUT2D eigenvalue weighted by Gasteiger charge is 1.98. The topological polar surface area (TPSA) is 40.5 Å². The minimum absolute atomic E-state index is 0.271. The SMILES string of the molecule is CC(O)CCc1cccc(O)c1. The number of aliphatic hydroxyl groups is 1. The van der Waals surface area contributed by atoms with E-state index in [1.165, 1.54) is 0 Å².